The second-order valence-corrected chi connectivity index (χ2v) is 3.69. The normalized spacial score (nSPS) is 10.5. The van der Waals surface area contributed by atoms with Crippen LogP contribution in [0.4, 0.5) is 0 Å². The van der Waals surface area contributed by atoms with Gasteiger partial charge in [0.2, 0.25) is 5.91 Å². The Morgan fingerprint density at radius 2 is 1.82 bits per heavy atom. The molecular formula is C7H14N2OS. The van der Waals surface area contributed by atoms with E-state index in [4.69, 9.17) is 12.2 Å². The molecule has 11 heavy (non-hydrogen) atoms. The lowest BCUT2D eigenvalue weighted by Crippen LogP contribution is -2.43. The Bertz CT molecular complexity index is 172. The summed E-state index contributed by atoms with van der Waals surface area (Å²) >= 11 is 4.76. The first-order chi connectivity index (χ1) is 4.88. The molecule has 0 saturated carbocycles. The van der Waals surface area contributed by atoms with Crippen molar-refractivity contribution in [3.63, 3.8) is 0 Å². The summed E-state index contributed by atoms with van der Waals surface area (Å²) in [5, 5.41) is 5.58. The van der Waals surface area contributed by atoms with E-state index in [1.54, 1.807) is 7.05 Å². The van der Waals surface area contributed by atoms with E-state index in [0.717, 1.165) is 0 Å². The molecule has 3 nitrogen and oxygen atoms in total. The van der Waals surface area contributed by atoms with Gasteiger partial charge in [-0.05, 0) is 12.2 Å². The minimum Gasteiger partial charge on any atom is -0.365 e. The van der Waals surface area contributed by atoms with Crippen LogP contribution in [-0.4, -0.2) is 18.1 Å². The molecule has 0 radical (unpaired) electrons. The molecule has 0 spiro atoms. The van der Waals surface area contributed by atoms with Crippen molar-refractivity contribution in [3.05, 3.63) is 0 Å². The maximum Gasteiger partial charge on any atom is 0.231 e. The zero-order valence-electron chi connectivity index (χ0n) is 7.32. The number of rotatable bonds is 0. The summed E-state index contributed by atoms with van der Waals surface area (Å²) in [6.07, 6.45) is 0. The zero-order chi connectivity index (χ0) is 9.07. The van der Waals surface area contributed by atoms with Crippen molar-refractivity contribution in [2.24, 2.45) is 5.41 Å². The summed E-state index contributed by atoms with van der Waals surface area (Å²) in [6, 6.07) is 0. The number of hydrogen-bond donors (Lipinski definition) is 2. The number of amides is 1. The van der Waals surface area contributed by atoms with E-state index in [2.05, 4.69) is 10.6 Å². The van der Waals surface area contributed by atoms with Crippen LogP contribution in [0, 0.1) is 5.41 Å². The molecule has 0 aliphatic heterocycles. The van der Waals surface area contributed by atoms with Crippen LogP contribution in [0.25, 0.3) is 0 Å². The average Bonchev–Trinajstić information content (AvgIpc) is 1.85. The van der Waals surface area contributed by atoms with Crippen LogP contribution in [0.3, 0.4) is 0 Å². The largest absolute Gasteiger partial charge is 0.365 e. The summed E-state index contributed by atoms with van der Waals surface area (Å²) in [5.74, 6) is -0.0724. The highest BCUT2D eigenvalue weighted by Crippen LogP contribution is 2.11. The van der Waals surface area contributed by atoms with Crippen molar-refractivity contribution in [1.29, 1.82) is 0 Å². The topological polar surface area (TPSA) is 41.1 Å². The summed E-state index contributed by atoms with van der Waals surface area (Å²) in [6.45, 7) is 5.50. The highest BCUT2D eigenvalue weighted by atomic mass is 32.1. The third-order valence-corrected chi connectivity index (χ3v) is 1.44. The maximum absolute atomic E-state index is 11.2. The third kappa shape index (κ3) is 3.93. The fourth-order valence-corrected chi connectivity index (χ4v) is 0.446. The molecule has 0 fully saturated rings. The van der Waals surface area contributed by atoms with E-state index in [0.29, 0.717) is 5.11 Å². The molecule has 2 N–H and O–H groups in total. The Labute approximate surface area is 72.5 Å². The van der Waals surface area contributed by atoms with E-state index >= 15 is 0 Å². The van der Waals surface area contributed by atoms with Crippen molar-refractivity contribution < 1.29 is 4.79 Å². The van der Waals surface area contributed by atoms with Crippen LogP contribution in [0.2, 0.25) is 0 Å². The fourth-order valence-electron chi connectivity index (χ4n) is 0.353. The monoisotopic (exact) mass is 174 g/mol. The number of hydrogen-bond acceptors (Lipinski definition) is 2. The minimum atomic E-state index is -0.388. The minimum absolute atomic E-state index is 0.0724. The van der Waals surface area contributed by atoms with E-state index < -0.39 is 0 Å². The summed E-state index contributed by atoms with van der Waals surface area (Å²) in [7, 11) is 1.67. The molecule has 64 valence electrons. The standard InChI is InChI=1S/C7H14N2OS/c1-7(2,3)5(10)9-6(11)8-4/h1-4H3,(H2,8,9,10,11). The number of carbonyl (C=O) groups excluding carboxylic acids is 1. The molecule has 0 bridgehead atoms. The number of nitrogens with one attached hydrogen (secondary N) is 2. The Morgan fingerprint density at radius 1 is 1.36 bits per heavy atom. The highest BCUT2D eigenvalue weighted by molar-refractivity contribution is 7.80. The van der Waals surface area contributed by atoms with Gasteiger partial charge in [0.15, 0.2) is 5.11 Å². The Kier molecular flexibility index (Phi) is 3.45. The van der Waals surface area contributed by atoms with Gasteiger partial charge in [-0.2, -0.15) is 0 Å². The zero-order valence-corrected chi connectivity index (χ0v) is 8.13. The van der Waals surface area contributed by atoms with Crippen molar-refractivity contribution >= 4 is 23.2 Å². The average molecular weight is 174 g/mol. The molecule has 0 rings (SSSR count). The number of carbonyl (C=O) groups is 1. The molecule has 0 unspecified atom stereocenters. The maximum atomic E-state index is 11.2. The van der Waals surface area contributed by atoms with Crippen LogP contribution < -0.4 is 10.6 Å². The van der Waals surface area contributed by atoms with Gasteiger partial charge < -0.3 is 10.6 Å². The van der Waals surface area contributed by atoms with Gasteiger partial charge in [0, 0.05) is 12.5 Å². The molecule has 4 heteroatoms. The smallest absolute Gasteiger partial charge is 0.231 e. The quantitative estimate of drug-likeness (QED) is 0.530. The first kappa shape index (κ1) is 10.4. The van der Waals surface area contributed by atoms with E-state index in [9.17, 15) is 4.79 Å². The molecule has 1 amide bonds. The Hall–Kier alpha value is -0.640. The fraction of sp³-hybridized carbons (Fsp3) is 0.714. The van der Waals surface area contributed by atoms with Crippen LogP contribution in [0.1, 0.15) is 20.8 Å². The molecule has 0 heterocycles. The Morgan fingerprint density at radius 3 is 2.09 bits per heavy atom. The van der Waals surface area contributed by atoms with Crippen molar-refractivity contribution in [3.8, 4) is 0 Å². The molecule has 0 aliphatic carbocycles. The van der Waals surface area contributed by atoms with Crippen LogP contribution in [0.5, 0.6) is 0 Å². The highest BCUT2D eigenvalue weighted by Gasteiger charge is 2.21. The third-order valence-electron chi connectivity index (χ3n) is 1.14. The van der Waals surface area contributed by atoms with Crippen LogP contribution >= 0.6 is 12.2 Å². The molecule has 0 aromatic heterocycles. The molecule has 0 atom stereocenters. The van der Waals surface area contributed by atoms with E-state index in [1.165, 1.54) is 0 Å². The van der Waals surface area contributed by atoms with Gasteiger partial charge in [-0.25, -0.2) is 0 Å². The lowest BCUT2D eigenvalue weighted by atomic mass is 9.96. The SMILES string of the molecule is CNC(=S)NC(=O)C(C)(C)C. The molecular weight excluding hydrogens is 160 g/mol. The molecule has 0 aliphatic rings. The van der Waals surface area contributed by atoms with Gasteiger partial charge in [0.05, 0.1) is 0 Å². The van der Waals surface area contributed by atoms with Gasteiger partial charge in [-0.3, -0.25) is 4.79 Å². The van der Waals surface area contributed by atoms with Gasteiger partial charge in [0.1, 0.15) is 0 Å². The van der Waals surface area contributed by atoms with Gasteiger partial charge >= 0.3 is 0 Å². The predicted molar refractivity (Wildman–Crippen MR) is 49.3 cm³/mol. The first-order valence-electron chi connectivity index (χ1n) is 3.41. The molecule has 0 aromatic rings. The summed E-state index contributed by atoms with van der Waals surface area (Å²) < 4.78 is 0. The number of thiocarbonyl (C=S) groups is 1. The summed E-state index contributed by atoms with van der Waals surface area (Å²) in [5.41, 5.74) is -0.388. The van der Waals surface area contributed by atoms with Gasteiger partial charge in [-0.1, -0.05) is 20.8 Å². The van der Waals surface area contributed by atoms with Crippen molar-refractivity contribution in [2.45, 2.75) is 20.8 Å². The van der Waals surface area contributed by atoms with Gasteiger partial charge in [0.25, 0.3) is 0 Å². The van der Waals surface area contributed by atoms with Crippen LogP contribution in [-0.2, 0) is 4.79 Å². The van der Waals surface area contributed by atoms with E-state index in [1.807, 2.05) is 20.8 Å². The summed E-state index contributed by atoms with van der Waals surface area (Å²) in [4.78, 5) is 11.2. The van der Waals surface area contributed by atoms with E-state index in [-0.39, 0.29) is 11.3 Å². The van der Waals surface area contributed by atoms with Crippen molar-refractivity contribution in [2.75, 3.05) is 7.05 Å². The van der Waals surface area contributed by atoms with Gasteiger partial charge in [-0.15, -0.1) is 0 Å². The molecule has 0 aromatic carbocycles. The lowest BCUT2D eigenvalue weighted by molar-refractivity contribution is -0.126. The van der Waals surface area contributed by atoms with Crippen LogP contribution in [0.15, 0.2) is 0 Å². The second-order valence-electron chi connectivity index (χ2n) is 3.28. The predicted octanol–water partition coefficient (Wildman–Crippen LogP) is 0.653. The first-order valence-corrected chi connectivity index (χ1v) is 3.82. The lowest BCUT2D eigenvalue weighted by Gasteiger charge is -2.17. The van der Waals surface area contributed by atoms with Crippen molar-refractivity contribution in [1.82, 2.24) is 10.6 Å². The molecule has 0 saturated heterocycles. The Balaban J connectivity index is 3.99. The second kappa shape index (κ2) is 3.67.